The molecule has 0 saturated carbocycles. The normalized spacial score (nSPS) is 11.8. The molecule has 0 aliphatic heterocycles. The second-order valence-electron chi connectivity index (χ2n) is 6.34. The molecule has 0 aliphatic rings. The summed E-state index contributed by atoms with van der Waals surface area (Å²) in [6, 6.07) is 18.5. The lowest BCUT2D eigenvalue weighted by Gasteiger charge is -2.21. The quantitative estimate of drug-likeness (QED) is 0.614. The summed E-state index contributed by atoms with van der Waals surface area (Å²) in [4.78, 5) is 0.292. The monoisotopic (exact) mass is 369 g/mol. The molecule has 0 amide bonds. The predicted octanol–water partition coefficient (Wildman–Crippen LogP) is 4.54. The Morgan fingerprint density at radius 2 is 1.54 bits per heavy atom. The van der Waals surface area contributed by atoms with Gasteiger partial charge in [0.1, 0.15) is 5.76 Å². The highest BCUT2D eigenvalue weighted by Crippen LogP contribution is 2.22. The van der Waals surface area contributed by atoms with Gasteiger partial charge >= 0.3 is 0 Å². The SMILES string of the molecule is CCc1ccc(CN(Cc2ccco2)S(=O)(=O)c2ccc(C)cc2)cc1. The van der Waals surface area contributed by atoms with Gasteiger partial charge in [-0.2, -0.15) is 4.31 Å². The third kappa shape index (κ3) is 4.23. The molecule has 4 nitrogen and oxygen atoms in total. The number of hydrogen-bond acceptors (Lipinski definition) is 3. The smallest absolute Gasteiger partial charge is 0.243 e. The second-order valence-corrected chi connectivity index (χ2v) is 8.27. The molecular formula is C21H23NO3S. The fourth-order valence-electron chi connectivity index (χ4n) is 2.75. The molecule has 1 heterocycles. The Labute approximate surface area is 155 Å². The van der Waals surface area contributed by atoms with Crippen molar-refractivity contribution in [1.82, 2.24) is 4.31 Å². The minimum absolute atomic E-state index is 0.193. The minimum atomic E-state index is -3.63. The first-order valence-corrected chi connectivity index (χ1v) is 10.1. The Morgan fingerprint density at radius 3 is 2.12 bits per heavy atom. The van der Waals surface area contributed by atoms with Crippen molar-refractivity contribution in [2.45, 2.75) is 38.3 Å². The molecule has 0 unspecified atom stereocenters. The van der Waals surface area contributed by atoms with Crippen LogP contribution in [0.1, 0.15) is 29.4 Å². The Bertz CT molecular complexity index is 928. The van der Waals surface area contributed by atoms with Crippen molar-refractivity contribution in [2.24, 2.45) is 0 Å². The van der Waals surface area contributed by atoms with Gasteiger partial charge in [0.2, 0.25) is 10.0 Å². The van der Waals surface area contributed by atoms with E-state index in [-0.39, 0.29) is 6.54 Å². The van der Waals surface area contributed by atoms with Gasteiger partial charge in [-0.05, 0) is 48.7 Å². The average Bonchev–Trinajstić information content (AvgIpc) is 3.15. The van der Waals surface area contributed by atoms with Gasteiger partial charge in [-0.15, -0.1) is 0 Å². The summed E-state index contributed by atoms with van der Waals surface area (Å²) in [5, 5.41) is 0. The summed E-state index contributed by atoms with van der Waals surface area (Å²) in [7, 11) is -3.63. The van der Waals surface area contributed by atoms with Crippen LogP contribution >= 0.6 is 0 Å². The maximum absolute atomic E-state index is 13.2. The first-order chi connectivity index (χ1) is 12.5. The molecule has 3 rings (SSSR count). The van der Waals surface area contributed by atoms with E-state index in [4.69, 9.17) is 4.42 Å². The first kappa shape index (κ1) is 18.4. The van der Waals surface area contributed by atoms with E-state index in [9.17, 15) is 8.42 Å². The standard InChI is InChI=1S/C21H23NO3S/c1-3-18-8-10-19(11-9-18)15-22(16-20-5-4-14-25-20)26(23,24)21-12-6-17(2)7-13-21/h4-14H,3,15-16H2,1-2H3. The highest BCUT2D eigenvalue weighted by atomic mass is 32.2. The number of furan rings is 1. The van der Waals surface area contributed by atoms with Gasteiger partial charge in [-0.1, -0.05) is 48.9 Å². The van der Waals surface area contributed by atoms with Crippen LogP contribution in [-0.4, -0.2) is 12.7 Å². The Hall–Kier alpha value is -2.37. The van der Waals surface area contributed by atoms with Crippen LogP contribution in [0, 0.1) is 6.92 Å². The van der Waals surface area contributed by atoms with Gasteiger partial charge in [-0.3, -0.25) is 0 Å². The van der Waals surface area contributed by atoms with E-state index in [1.54, 1.807) is 30.5 Å². The van der Waals surface area contributed by atoms with E-state index in [0.717, 1.165) is 17.5 Å². The number of aryl methyl sites for hydroxylation is 2. The Morgan fingerprint density at radius 1 is 0.885 bits per heavy atom. The lowest BCUT2D eigenvalue weighted by molar-refractivity contribution is 0.358. The molecule has 26 heavy (non-hydrogen) atoms. The Kier molecular flexibility index (Phi) is 5.59. The van der Waals surface area contributed by atoms with E-state index in [0.29, 0.717) is 17.2 Å². The summed E-state index contributed by atoms with van der Waals surface area (Å²) in [6.07, 6.45) is 2.51. The van der Waals surface area contributed by atoms with Gasteiger partial charge in [0.05, 0.1) is 17.7 Å². The zero-order valence-electron chi connectivity index (χ0n) is 15.1. The van der Waals surface area contributed by atoms with Gasteiger partial charge in [0.25, 0.3) is 0 Å². The minimum Gasteiger partial charge on any atom is -0.468 e. The fraction of sp³-hybridized carbons (Fsp3) is 0.238. The number of benzene rings is 2. The van der Waals surface area contributed by atoms with Crippen molar-refractivity contribution in [3.8, 4) is 0 Å². The predicted molar refractivity (Wildman–Crippen MR) is 102 cm³/mol. The van der Waals surface area contributed by atoms with Crippen molar-refractivity contribution < 1.29 is 12.8 Å². The molecule has 0 aliphatic carbocycles. The summed E-state index contributed by atoms with van der Waals surface area (Å²) in [5.74, 6) is 0.617. The van der Waals surface area contributed by atoms with Gasteiger partial charge in [0.15, 0.2) is 0 Å². The number of sulfonamides is 1. The molecule has 136 valence electrons. The van der Waals surface area contributed by atoms with E-state index in [2.05, 4.69) is 6.92 Å². The Balaban J connectivity index is 1.92. The van der Waals surface area contributed by atoms with Crippen molar-refractivity contribution in [3.05, 3.63) is 89.4 Å². The van der Waals surface area contributed by atoms with Crippen molar-refractivity contribution in [3.63, 3.8) is 0 Å². The maximum atomic E-state index is 13.2. The van der Waals surface area contributed by atoms with Crippen LogP contribution in [0.3, 0.4) is 0 Å². The maximum Gasteiger partial charge on any atom is 0.243 e. The van der Waals surface area contributed by atoms with Gasteiger partial charge in [-0.25, -0.2) is 8.42 Å². The molecule has 3 aromatic rings. The van der Waals surface area contributed by atoms with Crippen LogP contribution in [0.2, 0.25) is 0 Å². The molecule has 0 saturated heterocycles. The summed E-state index contributed by atoms with van der Waals surface area (Å²) in [5.41, 5.74) is 3.20. The zero-order valence-corrected chi connectivity index (χ0v) is 15.9. The lowest BCUT2D eigenvalue weighted by Crippen LogP contribution is -2.30. The van der Waals surface area contributed by atoms with E-state index >= 15 is 0 Å². The molecule has 5 heteroatoms. The van der Waals surface area contributed by atoms with Crippen LogP contribution in [0.15, 0.2) is 76.2 Å². The molecule has 0 N–H and O–H groups in total. The number of hydrogen-bond donors (Lipinski definition) is 0. The third-order valence-electron chi connectivity index (χ3n) is 4.36. The van der Waals surface area contributed by atoms with Crippen LogP contribution in [-0.2, 0) is 29.5 Å². The first-order valence-electron chi connectivity index (χ1n) is 8.66. The van der Waals surface area contributed by atoms with Gasteiger partial charge in [0, 0.05) is 6.54 Å². The molecule has 0 spiro atoms. The van der Waals surface area contributed by atoms with Crippen LogP contribution < -0.4 is 0 Å². The van der Waals surface area contributed by atoms with Crippen LogP contribution in [0.4, 0.5) is 0 Å². The molecule has 1 aromatic heterocycles. The second kappa shape index (κ2) is 7.89. The van der Waals surface area contributed by atoms with Crippen LogP contribution in [0.5, 0.6) is 0 Å². The summed E-state index contributed by atoms with van der Waals surface area (Å²) < 4.78 is 33.2. The molecular weight excluding hydrogens is 346 g/mol. The molecule has 0 radical (unpaired) electrons. The third-order valence-corrected chi connectivity index (χ3v) is 6.17. The fourth-order valence-corrected chi connectivity index (χ4v) is 4.14. The summed E-state index contributed by atoms with van der Waals surface area (Å²) in [6.45, 7) is 4.52. The lowest BCUT2D eigenvalue weighted by atomic mass is 10.1. The van der Waals surface area contributed by atoms with E-state index < -0.39 is 10.0 Å². The number of rotatable bonds is 7. The molecule has 0 atom stereocenters. The number of nitrogens with zero attached hydrogens (tertiary/aromatic N) is 1. The van der Waals surface area contributed by atoms with E-state index in [1.807, 2.05) is 43.3 Å². The molecule has 2 aromatic carbocycles. The largest absolute Gasteiger partial charge is 0.468 e. The van der Waals surface area contributed by atoms with Crippen molar-refractivity contribution in [1.29, 1.82) is 0 Å². The molecule has 0 bridgehead atoms. The zero-order chi connectivity index (χ0) is 18.6. The topological polar surface area (TPSA) is 50.5 Å². The van der Waals surface area contributed by atoms with Crippen molar-refractivity contribution >= 4 is 10.0 Å². The van der Waals surface area contributed by atoms with Crippen LogP contribution in [0.25, 0.3) is 0 Å². The highest BCUT2D eigenvalue weighted by Gasteiger charge is 2.25. The van der Waals surface area contributed by atoms with Gasteiger partial charge < -0.3 is 4.42 Å². The van der Waals surface area contributed by atoms with E-state index in [1.165, 1.54) is 9.87 Å². The van der Waals surface area contributed by atoms with Crippen molar-refractivity contribution in [2.75, 3.05) is 0 Å². The average molecular weight is 369 g/mol. The summed E-state index contributed by atoms with van der Waals surface area (Å²) >= 11 is 0. The molecule has 0 fully saturated rings. The highest BCUT2D eigenvalue weighted by molar-refractivity contribution is 7.89.